The highest BCUT2D eigenvalue weighted by atomic mass is 16.7. The van der Waals surface area contributed by atoms with E-state index in [4.69, 9.17) is 9.47 Å². The van der Waals surface area contributed by atoms with Crippen LogP contribution in [0.1, 0.15) is 31.4 Å². The van der Waals surface area contributed by atoms with Crippen LogP contribution in [0.3, 0.4) is 0 Å². The Bertz CT molecular complexity index is 418. The maximum atomic E-state index is 5.76. The fraction of sp³-hybridized carbons (Fsp3) is 0.846. The molecule has 1 saturated carbocycles. The molecule has 2 aliphatic rings. The summed E-state index contributed by atoms with van der Waals surface area (Å²) in [6.45, 7) is 2.35. The second-order valence-corrected chi connectivity index (χ2v) is 5.64. The normalized spacial score (nSPS) is 23.5. The summed E-state index contributed by atoms with van der Waals surface area (Å²) in [5.74, 6) is -0.260. The van der Waals surface area contributed by atoms with Gasteiger partial charge in [-0.15, -0.1) is 5.10 Å². The molecule has 1 aromatic rings. The molecule has 0 unspecified atom stereocenters. The SMILES string of the molecule is CN(Cc1cn(C)nn1)C1CCC2(CC1)OCCO2. The summed E-state index contributed by atoms with van der Waals surface area (Å²) in [6.07, 6.45) is 6.22. The van der Waals surface area contributed by atoms with E-state index < -0.39 is 0 Å². The van der Waals surface area contributed by atoms with E-state index in [-0.39, 0.29) is 5.79 Å². The number of aryl methyl sites for hydroxylation is 1. The predicted molar refractivity (Wildman–Crippen MR) is 69.4 cm³/mol. The van der Waals surface area contributed by atoms with Crippen molar-refractivity contribution in [1.82, 2.24) is 19.9 Å². The molecule has 0 atom stereocenters. The van der Waals surface area contributed by atoms with E-state index in [1.807, 2.05) is 13.2 Å². The number of hydrogen-bond donors (Lipinski definition) is 0. The third-order valence-electron chi connectivity index (χ3n) is 4.22. The minimum absolute atomic E-state index is 0.260. The molecule has 6 heteroatoms. The van der Waals surface area contributed by atoms with Crippen LogP contribution in [-0.2, 0) is 23.1 Å². The summed E-state index contributed by atoms with van der Waals surface area (Å²) in [6, 6.07) is 0.584. The average Bonchev–Trinajstić information content (AvgIpc) is 3.00. The van der Waals surface area contributed by atoms with Gasteiger partial charge in [-0.25, -0.2) is 0 Å². The third kappa shape index (κ3) is 2.80. The summed E-state index contributed by atoms with van der Waals surface area (Å²) in [7, 11) is 4.06. The van der Waals surface area contributed by atoms with E-state index in [0.29, 0.717) is 6.04 Å². The first-order chi connectivity index (χ1) is 9.17. The fourth-order valence-corrected chi connectivity index (χ4v) is 3.12. The number of rotatable bonds is 3. The Morgan fingerprint density at radius 3 is 2.63 bits per heavy atom. The van der Waals surface area contributed by atoms with Gasteiger partial charge < -0.3 is 9.47 Å². The van der Waals surface area contributed by atoms with Crippen LogP contribution in [0.25, 0.3) is 0 Å². The Morgan fingerprint density at radius 2 is 2.05 bits per heavy atom. The lowest BCUT2D eigenvalue weighted by atomic mass is 9.89. The molecule has 2 heterocycles. The van der Waals surface area contributed by atoms with E-state index >= 15 is 0 Å². The first-order valence-electron chi connectivity index (χ1n) is 7.00. The molecule has 1 aliphatic carbocycles. The van der Waals surface area contributed by atoms with Gasteiger partial charge in [0.2, 0.25) is 0 Å². The molecule has 0 radical (unpaired) electrons. The number of nitrogens with zero attached hydrogens (tertiary/aromatic N) is 4. The molecule has 0 amide bonds. The Labute approximate surface area is 113 Å². The van der Waals surface area contributed by atoms with E-state index in [9.17, 15) is 0 Å². The molecule has 19 heavy (non-hydrogen) atoms. The van der Waals surface area contributed by atoms with Crippen LogP contribution in [0.15, 0.2) is 6.20 Å². The summed E-state index contributed by atoms with van der Waals surface area (Å²) in [4.78, 5) is 2.37. The van der Waals surface area contributed by atoms with Crippen molar-refractivity contribution in [2.45, 2.75) is 44.1 Å². The minimum atomic E-state index is -0.260. The maximum Gasteiger partial charge on any atom is 0.168 e. The van der Waals surface area contributed by atoms with Gasteiger partial charge in [-0.1, -0.05) is 5.21 Å². The Kier molecular flexibility index (Phi) is 3.56. The standard InChI is InChI=1S/C13H22N4O2/c1-16(9-11-10-17(2)15-14-11)12-3-5-13(6-4-12)18-7-8-19-13/h10,12H,3-9H2,1-2H3. The van der Waals surface area contributed by atoms with Crippen molar-refractivity contribution in [1.29, 1.82) is 0 Å². The van der Waals surface area contributed by atoms with E-state index in [1.54, 1.807) is 4.68 Å². The van der Waals surface area contributed by atoms with Crippen LogP contribution in [0.4, 0.5) is 0 Å². The lowest BCUT2D eigenvalue weighted by Crippen LogP contribution is -2.42. The van der Waals surface area contributed by atoms with Crippen LogP contribution in [-0.4, -0.2) is 52.0 Å². The van der Waals surface area contributed by atoms with E-state index in [2.05, 4.69) is 22.3 Å². The first-order valence-corrected chi connectivity index (χ1v) is 7.00. The highest BCUT2D eigenvalue weighted by Crippen LogP contribution is 2.37. The molecule has 1 aromatic heterocycles. The molecule has 3 rings (SSSR count). The Morgan fingerprint density at radius 1 is 1.37 bits per heavy atom. The van der Waals surface area contributed by atoms with Gasteiger partial charge >= 0.3 is 0 Å². The smallest absolute Gasteiger partial charge is 0.168 e. The first kappa shape index (κ1) is 13.0. The maximum absolute atomic E-state index is 5.76. The highest BCUT2D eigenvalue weighted by molar-refractivity contribution is 4.93. The van der Waals surface area contributed by atoms with Crippen LogP contribution >= 0.6 is 0 Å². The number of ether oxygens (including phenoxy) is 2. The van der Waals surface area contributed by atoms with Gasteiger partial charge in [0.15, 0.2) is 5.79 Å². The van der Waals surface area contributed by atoms with Crippen LogP contribution in [0.2, 0.25) is 0 Å². The van der Waals surface area contributed by atoms with Crippen LogP contribution in [0.5, 0.6) is 0 Å². The third-order valence-corrected chi connectivity index (χ3v) is 4.22. The molecule has 6 nitrogen and oxygen atoms in total. The predicted octanol–water partition coefficient (Wildman–Crippen LogP) is 0.933. The zero-order valence-corrected chi connectivity index (χ0v) is 11.7. The van der Waals surface area contributed by atoms with Gasteiger partial charge in [0, 0.05) is 38.7 Å². The quantitative estimate of drug-likeness (QED) is 0.814. The molecule has 1 saturated heterocycles. The average molecular weight is 266 g/mol. The largest absolute Gasteiger partial charge is 0.348 e. The number of hydrogen-bond acceptors (Lipinski definition) is 5. The van der Waals surface area contributed by atoms with E-state index in [0.717, 1.165) is 51.1 Å². The lowest BCUT2D eigenvalue weighted by molar-refractivity contribution is -0.183. The molecule has 1 aliphatic heterocycles. The van der Waals surface area contributed by atoms with Gasteiger partial charge in [-0.3, -0.25) is 9.58 Å². The molecular weight excluding hydrogens is 244 g/mol. The molecule has 106 valence electrons. The highest BCUT2D eigenvalue weighted by Gasteiger charge is 2.41. The van der Waals surface area contributed by atoms with Crippen molar-refractivity contribution in [3.05, 3.63) is 11.9 Å². The topological polar surface area (TPSA) is 52.4 Å². The summed E-state index contributed by atoms with van der Waals surface area (Å²) >= 11 is 0. The lowest BCUT2D eigenvalue weighted by Gasteiger charge is -2.38. The monoisotopic (exact) mass is 266 g/mol. The van der Waals surface area contributed by atoms with Crippen molar-refractivity contribution in [3.8, 4) is 0 Å². The van der Waals surface area contributed by atoms with Crippen molar-refractivity contribution in [2.24, 2.45) is 7.05 Å². The second-order valence-electron chi connectivity index (χ2n) is 5.64. The van der Waals surface area contributed by atoms with E-state index in [1.165, 1.54) is 0 Å². The van der Waals surface area contributed by atoms with Gasteiger partial charge in [-0.2, -0.15) is 0 Å². The van der Waals surface area contributed by atoms with Gasteiger partial charge in [0.05, 0.1) is 18.9 Å². The molecule has 0 N–H and O–H groups in total. The number of aromatic nitrogens is 3. The van der Waals surface area contributed by atoms with Crippen molar-refractivity contribution in [3.63, 3.8) is 0 Å². The molecule has 1 spiro atoms. The molecule has 0 aromatic carbocycles. The minimum Gasteiger partial charge on any atom is -0.348 e. The Hall–Kier alpha value is -0.980. The molecule has 0 bridgehead atoms. The van der Waals surface area contributed by atoms with Crippen molar-refractivity contribution in [2.75, 3.05) is 20.3 Å². The second kappa shape index (κ2) is 5.19. The summed E-state index contributed by atoms with van der Waals surface area (Å²) in [5.41, 5.74) is 1.03. The zero-order chi connectivity index (χ0) is 13.3. The van der Waals surface area contributed by atoms with Gasteiger partial charge in [0.1, 0.15) is 0 Å². The molecular formula is C13H22N4O2. The molecule has 2 fully saturated rings. The Balaban J connectivity index is 1.53. The van der Waals surface area contributed by atoms with Crippen LogP contribution < -0.4 is 0 Å². The summed E-state index contributed by atoms with van der Waals surface area (Å²) < 4.78 is 13.3. The van der Waals surface area contributed by atoms with Crippen molar-refractivity contribution < 1.29 is 9.47 Å². The summed E-state index contributed by atoms with van der Waals surface area (Å²) in [5, 5.41) is 8.12. The van der Waals surface area contributed by atoms with Gasteiger partial charge in [-0.05, 0) is 19.9 Å². The van der Waals surface area contributed by atoms with Gasteiger partial charge in [0.25, 0.3) is 0 Å². The fourth-order valence-electron chi connectivity index (χ4n) is 3.12. The zero-order valence-electron chi connectivity index (χ0n) is 11.7. The van der Waals surface area contributed by atoms with Crippen LogP contribution in [0, 0.1) is 0 Å². The van der Waals surface area contributed by atoms with Crippen molar-refractivity contribution >= 4 is 0 Å².